The smallest absolute Gasteiger partial charge is 0.337 e. The van der Waals surface area contributed by atoms with E-state index in [1.165, 1.54) is 7.11 Å². The quantitative estimate of drug-likeness (QED) is 0.643. The molecule has 2 aromatic carbocycles. The van der Waals surface area contributed by atoms with Crippen molar-refractivity contribution in [2.45, 2.75) is 13.8 Å². The number of anilines is 3. The van der Waals surface area contributed by atoms with Crippen molar-refractivity contribution in [3.8, 4) is 0 Å². The number of esters is 1. The van der Waals surface area contributed by atoms with E-state index in [9.17, 15) is 9.59 Å². The minimum atomic E-state index is -0.403. The molecular weight excluding hydrogens is 354 g/mol. The largest absolute Gasteiger partial charge is 0.465 e. The first-order valence-corrected chi connectivity index (χ1v) is 8.76. The number of pyridine rings is 1. The lowest BCUT2D eigenvalue weighted by Crippen LogP contribution is -2.13. The van der Waals surface area contributed by atoms with Crippen molar-refractivity contribution in [1.29, 1.82) is 0 Å². The summed E-state index contributed by atoms with van der Waals surface area (Å²) in [4.78, 5) is 28.3. The van der Waals surface area contributed by atoms with Crippen LogP contribution >= 0.6 is 0 Å². The van der Waals surface area contributed by atoms with Crippen molar-refractivity contribution < 1.29 is 14.3 Å². The van der Waals surface area contributed by atoms with Gasteiger partial charge in [0.25, 0.3) is 5.91 Å². The van der Waals surface area contributed by atoms with Crippen molar-refractivity contribution in [2.24, 2.45) is 0 Å². The number of carbonyl (C=O) groups is 2. The molecule has 6 nitrogen and oxygen atoms in total. The van der Waals surface area contributed by atoms with Gasteiger partial charge in [-0.05, 0) is 67.4 Å². The van der Waals surface area contributed by atoms with Gasteiger partial charge < -0.3 is 15.4 Å². The monoisotopic (exact) mass is 375 g/mol. The number of carbonyl (C=O) groups excluding carboxylic acids is 2. The molecule has 0 saturated carbocycles. The molecular formula is C22H21N3O3. The Morgan fingerprint density at radius 2 is 1.64 bits per heavy atom. The maximum atomic E-state index is 12.4. The van der Waals surface area contributed by atoms with Crippen molar-refractivity contribution in [2.75, 3.05) is 17.7 Å². The summed E-state index contributed by atoms with van der Waals surface area (Å²) in [6.07, 6.45) is 1.57. The Labute approximate surface area is 163 Å². The molecule has 28 heavy (non-hydrogen) atoms. The minimum absolute atomic E-state index is 0.274. The maximum Gasteiger partial charge on any atom is 0.337 e. The lowest BCUT2D eigenvalue weighted by atomic mass is 10.1. The fourth-order valence-corrected chi connectivity index (χ4v) is 2.85. The lowest BCUT2D eigenvalue weighted by molar-refractivity contribution is 0.0600. The summed E-state index contributed by atoms with van der Waals surface area (Å²) >= 11 is 0. The van der Waals surface area contributed by atoms with E-state index in [2.05, 4.69) is 15.6 Å². The first-order valence-electron chi connectivity index (χ1n) is 8.76. The first-order chi connectivity index (χ1) is 13.4. The maximum absolute atomic E-state index is 12.4. The number of nitrogens with one attached hydrogen (secondary N) is 2. The second-order valence-electron chi connectivity index (χ2n) is 6.46. The van der Waals surface area contributed by atoms with Crippen LogP contribution in [-0.4, -0.2) is 24.0 Å². The molecule has 142 valence electrons. The Hall–Kier alpha value is -3.67. The van der Waals surface area contributed by atoms with E-state index in [0.717, 1.165) is 22.5 Å². The number of nitrogens with zero attached hydrogens (tertiary/aromatic N) is 1. The standard InChI is InChI=1S/C22H21N3O3/c1-14-9-15(2)11-19(10-14)25-21(26)20-8-7-18(13-23-20)24-17-6-4-5-16(12-17)22(27)28-3/h4-13,24H,1-3H3,(H,25,26). The van der Waals surface area contributed by atoms with Gasteiger partial charge in [0.2, 0.25) is 0 Å². The molecule has 0 saturated heterocycles. The number of aryl methyl sites for hydroxylation is 2. The third-order valence-corrected chi connectivity index (χ3v) is 4.05. The predicted octanol–water partition coefficient (Wildman–Crippen LogP) is 4.48. The van der Waals surface area contributed by atoms with E-state index in [4.69, 9.17) is 4.74 Å². The average Bonchev–Trinajstić information content (AvgIpc) is 2.67. The van der Waals surface area contributed by atoms with E-state index in [0.29, 0.717) is 16.9 Å². The highest BCUT2D eigenvalue weighted by molar-refractivity contribution is 6.03. The zero-order valence-electron chi connectivity index (χ0n) is 15.9. The molecule has 1 amide bonds. The highest BCUT2D eigenvalue weighted by Gasteiger charge is 2.09. The molecule has 0 unspecified atom stereocenters. The number of methoxy groups -OCH3 is 1. The van der Waals surface area contributed by atoms with Gasteiger partial charge in [-0.3, -0.25) is 4.79 Å². The van der Waals surface area contributed by atoms with Crippen LogP contribution in [0, 0.1) is 13.8 Å². The van der Waals surface area contributed by atoms with Gasteiger partial charge in [0.05, 0.1) is 24.6 Å². The number of benzene rings is 2. The molecule has 0 aliphatic carbocycles. The summed E-state index contributed by atoms with van der Waals surface area (Å²) in [5.41, 5.74) is 5.08. The van der Waals surface area contributed by atoms with Gasteiger partial charge in [0.1, 0.15) is 5.69 Å². The Balaban J connectivity index is 1.69. The van der Waals surface area contributed by atoms with Gasteiger partial charge in [0.15, 0.2) is 0 Å². The highest BCUT2D eigenvalue weighted by atomic mass is 16.5. The number of hydrogen-bond donors (Lipinski definition) is 2. The van der Waals surface area contributed by atoms with E-state index in [1.54, 1.807) is 36.5 Å². The zero-order chi connectivity index (χ0) is 20.1. The minimum Gasteiger partial charge on any atom is -0.465 e. The van der Waals surface area contributed by atoms with Gasteiger partial charge >= 0.3 is 5.97 Å². The number of amides is 1. The molecule has 3 rings (SSSR count). The number of aromatic nitrogens is 1. The first kappa shape index (κ1) is 19.1. The topological polar surface area (TPSA) is 80.3 Å². The lowest BCUT2D eigenvalue weighted by Gasteiger charge is -2.09. The molecule has 0 fully saturated rings. The Morgan fingerprint density at radius 3 is 2.29 bits per heavy atom. The highest BCUT2D eigenvalue weighted by Crippen LogP contribution is 2.19. The van der Waals surface area contributed by atoms with Gasteiger partial charge in [-0.1, -0.05) is 12.1 Å². The summed E-state index contributed by atoms with van der Waals surface area (Å²) in [5.74, 6) is -0.676. The number of rotatable bonds is 5. The predicted molar refractivity (Wildman–Crippen MR) is 109 cm³/mol. The summed E-state index contributed by atoms with van der Waals surface area (Å²) in [6.45, 7) is 3.97. The van der Waals surface area contributed by atoms with Gasteiger partial charge in [-0.15, -0.1) is 0 Å². The van der Waals surface area contributed by atoms with Crippen molar-refractivity contribution in [3.05, 3.63) is 83.2 Å². The van der Waals surface area contributed by atoms with Crippen molar-refractivity contribution in [3.63, 3.8) is 0 Å². The molecule has 1 aromatic heterocycles. The molecule has 0 spiro atoms. The van der Waals surface area contributed by atoms with Crippen molar-refractivity contribution in [1.82, 2.24) is 4.98 Å². The molecule has 0 aliphatic rings. The second-order valence-corrected chi connectivity index (χ2v) is 6.46. The van der Waals surface area contributed by atoms with Crippen LogP contribution in [0.4, 0.5) is 17.1 Å². The third-order valence-electron chi connectivity index (χ3n) is 4.05. The SMILES string of the molecule is COC(=O)c1cccc(Nc2ccc(C(=O)Nc3cc(C)cc(C)c3)nc2)c1. The van der Waals surface area contributed by atoms with Gasteiger partial charge in [-0.25, -0.2) is 9.78 Å². The normalized spacial score (nSPS) is 10.2. The van der Waals surface area contributed by atoms with Crippen LogP contribution < -0.4 is 10.6 Å². The van der Waals surface area contributed by atoms with E-state index >= 15 is 0 Å². The fourth-order valence-electron chi connectivity index (χ4n) is 2.85. The zero-order valence-corrected chi connectivity index (χ0v) is 15.9. The summed E-state index contributed by atoms with van der Waals surface area (Å²) in [7, 11) is 1.34. The van der Waals surface area contributed by atoms with Crippen LogP contribution in [0.2, 0.25) is 0 Å². The molecule has 0 aliphatic heterocycles. The fraction of sp³-hybridized carbons (Fsp3) is 0.136. The van der Waals surface area contributed by atoms with E-state index in [-0.39, 0.29) is 5.91 Å². The van der Waals surface area contributed by atoms with Crippen LogP contribution in [0.3, 0.4) is 0 Å². The molecule has 3 aromatic rings. The third kappa shape index (κ3) is 4.73. The molecule has 1 heterocycles. The van der Waals surface area contributed by atoms with Crippen molar-refractivity contribution >= 4 is 28.9 Å². The van der Waals surface area contributed by atoms with E-state index < -0.39 is 5.97 Å². The summed E-state index contributed by atoms with van der Waals surface area (Å²) < 4.78 is 4.72. The molecule has 2 N–H and O–H groups in total. The molecule has 0 radical (unpaired) electrons. The summed E-state index contributed by atoms with van der Waals surface area (Å²) in [5, 5.41) is 6.01. The average molecular weight is 375 g/mol. The van der Waals surface area contributed by atoms with Crippen LogP contribution in [0.5, 0.6) is 0 Å². The summed E-state index contributed by atoms with van der Waals surface area (Å²) in [6, 6.07) is 16.2. The Morgan fingerprint density at radius 1 is 0.893 bits per heavy atom. The van der Waals surface area contributed by atoms with Gasteiger partial charge in [0, 0.05) is 11.4 Å². The van der Waals surface area contributed by atoms with E-state index in [1.807, 2.05) is 38.1 Å². The van der Waals surface area contributed by atoms with Crippen LogP contribution in [0.15, 0.2) is 60.8 Å². The van der Waals surface area contributed by atoms with Gasteiger partial charge in [-0.2, -0.15) is 0 Å². The van der Waals surface area contributed by atoms with Crippen LogP contribution in [-0.2, 0) is 4.74 Å². The Kier molecular flexibility index (Phi) is 5.69. The molecule has 0 bridgehead atoms. The van der Waals surface area contributed by atoms with Crippen LogP contribution in [0.1, 0.15) is 32.0 Å². The molecule has 6 heteroatoms. The van der Waals surface area contributed by atoms with Crippen LogP contribution in [0.25, 0.3) is 0 Å². The Bertz CT molecular complexity index is 994. The molecule has 0 atom stereocenters. The number of hydrogen-bond acceptors (Lipinski definition) is 5. The second kappa shape index (κ2) is 8.35. The number of ether oxygens (including phenoxy) is 1.